The van der Waals surface area contributed by atoms with E-state index in [1.54, 1.807) is 38.2 Å². The molecule has 1 amide bonds. The summed E-state index contributed by atoms with van der Waals surface area (Å²) in [6.45, 7) is 3.34. The van der Waals surface area contributed by atoms with Gasteiger partial charge in [-0.3, -0.25) is 4.79 Å². The second-order valence-corrected chi connectivity index (χ2v) is 8.89. The van der Waals surface area contributed by atoms with E-state index in [9.17, 15) is 15.0 Å². The highest BCUT2D eigenvalue weighted by atomic mass is 16.5. The van der Waals surface area contributed by atoms with E-state index in [0.29, 0.717) is 40.7 Å². The van der Waals surface area contributed by atoms with Crippen molar-refractivity contribution in [2.24, 2.45) is 0 Å². The zero-order valence-corrected chi connectivity index (χ0v) is 19.7. The normalized spacial score (nSPS) is 13.7. The van der Waals surface area contributed by atoms with Crippen molar-refractivity contribution in [3.8, 4) is 11.5 Å². The van der Waals surface area contributed by atoms with Crippen molar-refractivity contribution in [1.29, 1.82) is 0 Å². The summed E-state index contributed by atoms with van der Waals surface area (Å²) >= 11 is 0. The number of nitrogens with one attached hydrogen (secondary N) is 3. The van der Waals surface area contributed by atoms with Gasteiger partial charge in [0.05, 0.1) is 41.7 Å². The molecule has 4 heterocycles. The number of hydrogen-bond acceptors (Lipinski definition) is 10. The van der Waals surface area contributed by atoms with Gasteiger partial charge in [-0.1, -0.05) is 35.5 Å². The minimum atomic E-state index is -1.28. The van der Waals surface area contributed by atoms with Crippen LogP contribution in [-0.4, -0.2) is 42.8 Å². The fourth-order valence-electron chi connectivity index (χ4n) is 3.81. The molecule has 0 bridgehead atoms. The van der Waals surface area contributed by atoms with Crippen molar-refractivity contribution >= 4 is 23.2 Å². The Bertz CT molecular complexity index is 1400. The Morgan fingerprint density at radius 2 is 1.92 bits per heavy atom. The number of aromatic nitrogens is 4. The van der Waals surface area contributed by atoms with Crippen molar-refractivity contribution < 1.29 is 19.5 Å². The summed E-state index contributed by atoms with van der Waals surface area (Å²) in [6.07, 6.45) is 1.56. The van der Waals surface area contributed by atoms with E-state index >= 15 is 0 Å². The van der Waals surface area contributed by atoms with Crippen LogP contribution in [0.2, 0.25) is 0 Å². The fourth-order valence-corrected chi connectivity index (χ4v) is 3.81. The quantitative estimate of drug-likeness (QED) is 0.250. The number of fused-ring (bicyclic) bond motifs is 1. The molecule has 1 aliphatic rings. The lowest BCUT2D eigenvalue weighted by Crippen LogP contribution is -2.17. The standard InChI is InChI=1S/C25H25N7O4/c1-25(2,35)24-31-23(36-32-24)16-11-26-21(30-20-9-8-15-18(29-20)12-27-22(15)34)10-17(16)28-19(13-33)14-6-4-3-5-7-14/h3-11,19,33,35H,12-13H2,1-2H3,(H,27,34)(H2,26,28,29,30)/t19-/m1/s1. The predicted octanol–water partition coefficient (Wildman–Crippen LogP) is 2.89. The zero-order chi connectivity index (χ0) is 25.3. The number of rotatable bonds is 8. The molecular formula is C25H25N7O4. The SMILES string of the molecule is CC(C)(O)c1noc(-c2cnc(Nc3ccc4c(n3)CNC4=O)cc2N[C@H](CO)c2ccccc2)n1. The van der Waals surface area contributed by atoms with Gasteiger partial charge >= 0.3 is 0 Å². The van der Waals surface area contributed by atoms with Gasteiger partial charge in [-0.25, -0.2) is 9.97 Å². The van der Waals surface area contributed by atoms with Crippen LogP contribution >= 0.6 is 0 Å². The van der Waals surface area contributed by atoms with Gasteiger partial charge in [-0.2, -0.15) is 4.98 Å². The average molecular weight is 488 g/mol. The van der Waals surface area contributed by atoms with Crippen molar-refractivity contribution in [2.75, 3.05) is 17.2 Å². The maximum atomic E-state index is 11.8. The van der Waals surface area contributed by atoms with Crippen LogP contribution in [0.5, 0.6) is 0 Å². The van der Waals surface area contributed by atoms with Crippen LogP contribution in [0.3, 0.4) is 0 Å². The third kappa shape index (κ3) is 4.74. The monoisotopic (exact) mass is 487 g/mol. The minimum Gasteiger partial charge on any atom is -0.394 e. The predicted molar refractivity (Wildman–Crippen MR) is 131 cm³/mol. The van der Waals surface area contributed by atoms with Gasteiger partial charge in [0.1, 0.15) is 17.2 Å². The van der Waals surface area contributed by atoms with Gasteiger partial charge in [-0.15, -0.1) is 0 Å². The second kappa shape index (κ2) is 9.36. The number of pyridine rings is 2. The minimum absolute atomic E-state index is 0.137. The number of aliphatic hydroxyl groups excluding tert-OH is 1. The van der Waals surface area contributed by atoms with E-state index in [2.05, 4.69) is 36.1 Å². The summed E-state index contributed by atoms with van der Waals surface area (Å²) in [5, 5.41) is 33.5. The molecule has 36 heavy (non-hydrogen) atoms. The number of carbonyl (C=O) groups excluding carboxylic acids is 1. The second-order valence-electron chi connectivity index (χ2n) is 8.89. The molecule has 0 radical (unpaired) electrons. The molecule has 0 saturated heterocycles. The third-order valence-corrected chi connectivity index (χ3v) is 5.71. The smallest absolute Gasteiger partial charge is 0.261 e. The van der Waals surface area contributed by atoms with Crippen molar-refractivity contribution in [2.45, 2.75) is 32.0 Å². The van der Waals surface area contributed by atoms with Gasteiger partial charge < -0.3 is 30.7 Å². The molecule has 3 aromatic heterocycles. The van der Waals surface area contributed by atoms with E-state index in [1.165, 1.54) is 0 Å². The van der Waals surface area contributed by atoms with Gasteiger partial charge in [0, 0.05) is 12.3 Å². The first-order chi connectivity index (χ1) is 17.3. The van der Waals surface area contributed by atoms with Gasteiger partial charge in [-0.05, 0) is 31.5 Å². The lowest BCUT2D eigenvalue weighted by Gasteiger charge is -2.20. The lowest BCUT2D eigenvalue weighted by molar-refractivity contribution is 0.0661. The molecule has 0 fully saturated rings. The van der Waals surface area contributed by atoms with Crippen LogP contribution in [0, 0.1) is 0 Å². The highest BCUT2D eigenvalue weighted by Gasteiger charge is 2.26. The largest absolute Gasteiger partial charge is 0.394 e. The molecule has 0 unspecified atom stereocenters. The van der Waals surface area contributed by atoms with Gasteiger partial charge in [0.25, 0.3) is 11.8 Å². The Balaban J connectivity index is 1.50. The Labute approximate surface area is 206 Å². The molecule has 184 valence electrons. The summed E-state index contributed by atoms with van der Waals surface area (Å²) in [4.78, 5) is 25.1. The zero-order valence-electron chi connectivity index (χ0n) is 19.7. The van der Waals surface area contributed by atoms with Crippen LogP contribution in [0.25, 0.3) is 11.5 Å². The Kier molecular flexibility index (Phi) is 6.08. The van der Waals surface area contributed by atoms with Crippen LogP contribution in [0.1, 0.15) is 47.3 Å². The molecule has 1 atom stereocenters. The van der Waals surface area contributed by atoms with E-state index in [-0.39, 0.29) is 24.2 Å². The molecule has 11 nitrogen and oxygen atoms in total. The third-order valence-electron chi connectivity index (χ3n) is 5.71. The summed E-state index contributed by atoms with van der Waals surface area (Å²) in [7, 11) is 0. The van der Waals surface area contributed by atoms with E-state index in [1.807, 2.05) is 30.3 Å². The number of nitrogens with zero attached hydrogens (tertiary/aromatic N) is 4. The molecule has 4 aromatic rings. The fraction of sp³-hybridized carbons (Fsp3) is 0.240. The molecule has 5 rings (SSSR count). The Hall–Kier alpha value is -4.35. The number of amides is 1. The Morgan fingerprint density at radius 3 is 2.64 bits per heavy atom. The maximum Gasteiger partial charge on any atom is 0.261 e. The molecule has 5 N–H and O–H groups in total. The summed E-state index contributed by atoms with van der Waals surface area (Å²) in [5.74, 6) is 1.16. The molecule has 1 aromatic carbocycles. The van der Waals surface area contributed by atoms with Crippen LogP contribution < -0.4 is 16.0 Å². The summed E-state index contributed by atoms with van der Waals surface area (Å²) in [6, 6.07) is 14.3. The number of carbonyl (C=O) groups is 1. The molecule has 0 spiro atoms. The van der Waals surface area contributed by atoms with E-state index < -0.39 is 11.6 Å². The number of benzene rings is 1. The highest BCUT2D eigenvalue weighted by molar-refractivity contribution is 5.98. The first-order valence-electron chi connectivity index (χ1n) is 11.4. The van der Waals surface area contributed by atoms with E-state index in [4.69, 9.17) is 4.52 Å². The average Bonchev–Trinajstić information content (AvgIpc) is 3.51. The number of anilines is 3. The summed E-state index contributed by atoms with van der Waals surface area (Å²) in [5.41, 5.74) is 1.89. The van der Waals surface area contributed by atoms with Crippen LogP contribution in [-0.2, 0) is 12.1 Å². The molecule has 1 aliphatic heterocycles. The van der Waals surface area contributed by atoms with Gasteiger partial charge in [0.15, 0.2) is 0 Å². The van der Waals surface area contributed by atoms with Crippen molar-refractivity contribution in [1.82, 2.24) is 25.4 Å². The Morgan fingerprint density at radius 1 is 1.11 bits per heavy atom. The topological polar surface area (TPSA) is 158 Å². The lowest BCUT2D eigenvalue weighted by atomic mass is 10.1. The van der Waals surface area contributed by atoms with E-state index in [0.717, 1.165) is 5.56 Å². The first-order valence-corrected chi connectivity index (χ1v) is 11.4. The van der Waals surface area contributed by atoms with Crippen LogP contribution in [0.4, 0.5) is 17.3 Å². The maximum absolute atomic E-state index is 11.8. The molecule has 0 saturated carbocycles. The van der Waals surface area contributed by atoms with Crippen molar-refractivity contribution in [3.63, 3.8) is 0 Å². The first kappa shape index (κ1) is 23.4. The van der Waals surface area contributed by atoms with Crippen molar-refractivity contribution in [3.05, 3.63) is 77.4 Å². The highest BCUT2D eigenvalue weighted by Crippen LogP contribution is 2.33. The van der Waals surface area contributed by atoms with Gasteiger partial charge in [0.2, 0.25) is 5.82 Å². The molecule has 0 aliphatic carbocycles. The molecular weight excluding hydrogens is 462 g/mol. The number of hydrogen-bond donors (Lipinski definition) is 5. The summed E-state index contributed by atoms with van der Waals surface area (Å²) < 4.78 is 5.42. The number of aliphatic hydroxyl groups is 2. The molecule has 11 heteroatoms. The van der Waals surface area contributed by atoms with Crippen LogP contribution in [0.15, 0.2) is 59.3 Å².